The molecule has 1 aliphatic carbocycles. The first-order valence-electron chi connectivity index (χ1n) is 9.69. The second-order valence-electron chi connectivity index (χ2n) is 7.47. The van der Waals surface area contributed by atoms with E-state index in [4.69, 9.17) is 16.3 Å². The van der Waals surface area contributed by atoms with Crippen molar-refractivity contribution < 1.29 is 13.9 Å². The minimum Gasteiger partial charge on any atom is -0.381 e. The summed E-state index contributed by atoms with van der Waals surface area (Å²) >= 11 is 6.24. The first-order chi connectivity index (χ1) is 12.6. The summed E-state index contributed by atoms with van der Waals surface area (Å²) < 4.78 is 18.8. The lowest BCUT2D eigenvalue weighted by Gasteiger charge is -2.29. The van der Waals surface area contributed by atoms with Gasteiger partial charge in [0.25, 0.3) is 0 Å². The summed E-state index contributed by atoms with van der Waals surface area (Å²) in [6, 6.07) is 4.65. The zero-order chi connectivity index (χ0) is 18.4. The summed E-state index contributed by atoms with van der Waals surface area (Å²) in [6.07, 6.45) is 6.97. The van der Waals surface area contributed by atoms with Crippen molar-refractivity contribution in [3.63, 3.8) is 0 Å². The second kappa shape index (κ2) is 9.67. The summed E-state index contributed by atoms with van der Waals surface area (Å²) in [5.41, 5.74) is 6.87. The van der Waals surface area contributed by atoms with E-state index in [0.717, 1.165) is 57.1 Å². The van der Waals surface area contributed by atoms with Crippen LogP contribution in [0.25, 0.3) is 0 Å². The summed E-state index contributed by atoms with van der Waals surface area (Å²) in [5.74, 6) is 0.943. The van der Waals surface area contributed by atoms with Crippen LogP contribution in [0.4, 0.5) is 4.39 Å². The van der Waals surface area contributed by atoms with Crippen LogP contribution >= 0.6 is 11.6 Å². The van der Waals surface area contributed by atoms with Crippen molar-refractivity contribution >= 4 is 17.5 Å². The van der Waals surface area contributed by atoms with Gasteiger partial charge in [0, 0.05) is 30.7 Å². The van der Waals surface area contributed by atoms with Crippen molar-refractivity contribution in [2.45, 2.75) is 50.9 Å². The largest absolute Gasteiger partial charge is 0.381 e. The highest BCUT2D eigenvalue weighted by Crippen LogP contribution is 2.39. The lowest BCUT2D eigenvalue weighted by molar-refractivity contribution is -0.128. The number of hydrazine groups is 1. The summed E-state index contributed by atoms with van der Waals surface area (Å²) in [7, 11) is 0. The molecule has 1 aromatic carbocycles. The highest BCUT2D eigenvalue weighted by atomic mass is 35.5. The third kappa shape index (κ3) is 5.41. The number of hydrogen-bond acceptors (Lipinski definition) is 3. The Morgan fingerprint density at radius 3 is 2.62 bits per heavy atom. The maximum atomic E-state index is 13.5. The third-order valence-corrected chi connectivity index (χ3v) is 6.07. The molecule has 1 saturated carbocycles. The lowest BCUT2D eigenvalue weighted by atomic mass is 9.77. The molecular formula is C20H28ClFN2O2. The Bertz CT molecular complexity index is 599. The van der Waals surface area contributed by atoms with Gasteiger partial charge in [-0.3, -0.25) is 10.2 Å². The second-order valence-corrected chi connectivity index (χ2v) is 7.88. The number of nitrogens with one attached hydrogen (secondary N) is 2. The van der Waals surface area contributed by atoms with Gasteiger partial charge < -0.3 is 4.74 Å². The van der Waals surface area contributed by atoms with Crippen LogP contribution in [0.2, 0.25) is 5.02 Å². The molecule has 1 heterocycles. The van der Waals surface area contributed by atoms with Gasteiger partial charge >= 0.3 is 0 Å². The fourth-order valence-corrected chi connectivity index (χ4v) is 4.35. The van der Waals surface area contributed by atoms with E-state index in [0.29, 0.717) is 30.1 Å². The number of amides is 1. The van der Waals surface area contributed by atoms with Crippen LogP contribution in [-0.4, -0.2) is 25.7 Å². The molecule has 1 saturated heterocycles. The molecule has 1 aliphatic heterocycles. The number of hydrogen-bond donors (Lipinski definition) is 2. The molecule has 0 unspecified atom stereocenters. The van der Waals surface area contributed by atoms with E-state index in [2.05, 4.69) is 10.9 Å². The number of ether oxygens (including phenoxy) is 1. The Kier molecular flexibility index (Phi) is 7.29. The zero-order valence-electron chi connectivity index (χ0n) is 15.1. The summed E-state index contributed by atoms with van der Waals surface area (Å²) in [5, 5.41) is 0.673. The van der Waals surface area contributed by atoms with Gasteiger partial charge in [0.15, 0.2) is 0 Å². The maximum absolute atomic E-state index is 13.5. The van der Waals surface area contributed by atoms with E-state index in [9.17, 15) is 9.18 Å². The van der Waals surface area contributed by atoms with Gasteiger partial charge in [0.1, 0.15) is 5.82 Å². The van der Waals surface area contributed by atoms with Crippen molar-refractivity contribution in [3.8, 4) is 0 Å². The first-order valence-corrected chi connectivity index (χ1v) is 10.1. The Hall–Kier alpha value is -1.17. The normalized spacial score (nSPS) is 24.4. The molecule has 3 rings (SSSR count). The number of rotatable bonds is 6. The molecule has 6 heteroatoms. The summed E-state index contributed by atoms with van der Waals surface area (Å²) in [4.78, 5) is 12.0. The molecule has 0 spiro atoms. The van der Waals surface area contributed by atoms with Gasteiger partial charge in [-0.25, -0.2) is 9.82 Å². The topological polar surface area (TPSA) is 50.4 Å². The molecular weight excluding hydrogens is 355 g/mol. The smallest absolute Gasteiger partial charge is 0.237 e. The van der Waals surface area contributed by atoms with Gasteiger partial charge in [-0.05, 0) is 80.5 Å². The van der Waals surface area contributed by atoms with Crippen molar-refractivity contribution in [1.29, 1.82) is 0 Å². The van der Waals surface area contributed by atoms with Gasteiger partial charge in [0.2, 0.25) is 5.91 Å². The van der Waals surface area contributed by atoms with E-state index >= 15 is 0 Å². The van der Waals surface area contributed by atoms with E-state index < -0.39 is 0 Å². The highest BCUT2D eigenvalue weighted by Gasteiger charge is 2.24. The first kappa shape index (κ1) is 19.6. The maximum Gasteiger partial charge on any atom is 0.237 e. The van der Waals surface area contributed by atoms with E-state index in [1.54, 1.807) is 12.1 Å². The lowest BCUT2D eigenvalue weighted by Crippen LogP contribution is -2.43. The SMILES string of the molecule is O=C(NNCCC1CCC(c2cc(F)ccc2Cl)CC1)C1CCOCC1. The number of halogens is 2. The van der Waals surface area contributed by atoms with Crippen LogP contribution < -0.4 is 10.9 Å². The molecule has 0 aromatic heterocycles. The Morgan fingerprint density at radius 2 is 1.88 bits per heavy atom. The fourth-order valence-electron chi connectivity index (χ4n) is 4.08. The number of benzene rings is 1. The van der Waals surface area contributed by atoms with Crippen molar-refractivity contribution in [3.05, 3.63) is 34.6 Å². The van der Waals surface area contributed by atoms with E-state index in [-0.39, 0.29) is 17.6 Å². The minimum absolute atomic E-state index is 0.0719. The molecule has 144 valence electrons. The van der Waals surface area contributed by atoms with Gasteiger partial charge in [-0.2, -0.15) is 0 Å². The van der Waals surface area contributed by atoms with Crippen LogP contribution in [0.3, 0.4) is 0 Å². The van der Waals surface area contributed by atoms with Crippen molar-refractivity contribution in [1.82, 2.24) is 10.9 Å². The molecule has 26 heavy (non-hydrogen) atoms. The Labute approximate surface area is 159 Å². The molecule has 0 radical (unpaired) electrons. The van der Waals surface area contributed by atoms with Crippen LogP contribution in [0.15, 0.2) is 18.2 Å². The van der Waals surface area contributed by atoms with Crippen LogP contribution in [0.5, 0.6) is 0 Å². The molecule has 2 N–H and O–H groups in total. The predicted molar refractivity (Wildman–Crippen MR) is 100 cm³/mol. The van der Waals surface area contributed by atoms with Gasteiger partial charge in [0.05, 0.1) is 0 Å². The molecule has 0 atom stereocenters. The molecule has 2 aliphatic rings. The Morgan fingerprint density at radius 1 is 1.15 bits per heavy atom. The number of carbonyl (C=O) groups excluding carboxylic acids is 1. The minimum atomic E-state index is -0.212. The summed E-state index contributed by atoms with van der Waals surface area (Å²) in [6.45, 7) is 2.14. The van der Waals surface area contributed by atoms with Gasteiger partial charge in [-0.15, -0.1) is 0 Å². The van der Waals surface area contributed by atoms with Crippen LogP contribution in [0.1, 0.15) is 56.4 Å². The molecule has 1 aromatic rings. The average Bonchev–Trinajstić information content (AvgIpc) is 2.68. The average molecular weight is 383 g/mol. The van der Waals surface area contributed by atoms with Crippen molar-refractivity contribution in [2.75, 3.05) is 19.8 Å². The van der Waals surface area contributed by atoms with E-state index in [1.807, 2.05) is 0 Å². The monoisotopic (exact) mass is 382 g/mol. The fraction of sp³-hybridized carbons (Fsp3) is 0.650. The third-order valence-electron chi connectivity index (χ3n) is 5.73. The van der Waals surface area contributed by atoms with Gasteiger partial charge in [-0.1, -0.05) is 11.6 Å². The molecule has 2 fully saturated rings. The van der Waals surface area contributed by atoms with Crippen LogP contribution in [0, 0.1) is 17.7 Å². The van der Waals surface area contributed by atoms with E-state index in [1.165, 1.54) is 6.07 Å². The quantitative estimate of drug-likeness (QED) is 0.573. The predicted octanol–water partition coefficient (Wildman–Crippen LogP) is 4.19. The highest BCUT2D eigenvalue weighted by molar-refractivity contribution is 6.31. The number of carbonyl (C=O) groups is 1. The molecule has 4 nitrogen and oxygen atoms in total. The van der Waals surface area contributed by atoms with Crippen LogP contribution in [-0.2, 0) is 9.53 Å². The Balaban J connectivity index is 1.34. The standard InChI is InChI=1S/C20H28ClFN2O2/c21-19-6-5-17(22)13-18(19)15-3-1-14(2-4-15)7-10-23-24-20(25)16-8-11-26-12-9-16/h5-6,13-16,23H,1-4,7-12H2,(H,24,25). The molecule has 0 bridgehead atoms. The molecule has 1 amide bonds. The zero-order valence-corrected chi connectivity index (χ0v) is 15.9. The van der Waals surface area contributed by atoms with Crippen molar-refractivity contribution in [2.24, 2.45) is 11.8 Å².